The van der Waals surface area contributed by atoms with Gasteiger partial charge in [0, 0.05) is 38.5 Å². The molecule has 1 aliphatic heterocycles. The van der Waals surface area contributed by atoms with Gasteiger partial charge in [-0.25, -0.2) is 0 Å². The van der Waals surface area contributed by atoms with Gasteiger partial charge >= 0.3 is 0 Å². The van der Waals surface area contributed by atoms with Crippen LogP contribution in [0.25, 0.3) is 0 Å². The highest BCUT2D eigenvalue weighted by molar-refractivity contribution is 5.80. The molecule has 1 atom stereocenters. The normalized spacial score (nSPS) is 17.6. The Morgan fingerprint density at radius 2 is 1.94 bits per heavy atom. The Hall–Kier alpha value is -1.10. The van der Waals surface area contributed by atoms with E-state index < -0.39 is 0 Å². The number of hydrogen-bond donors (Lipinski definition) is 2. The van der Waals surface area contributed by atoms with Crippen molar-refractivity contribution < 1.29 is 9.59 Å². The summed E-state index contributed by atoms with van der Waals surface area (Å²) in [7, 11) is 0. The molecule has 1 heterocycles. The number of rotatable bonds is 5. The van der Waals surface area contributed by atoms with E-state index in [1.807, 2.05) is 4.90 Å². The molecule has 17 heavy (non-hydrogen) atoms. The van der Waals surface area contributed by atoms with Gasteiger partial charge in [0.25, 0.3) is 0 Å². The predicted molar refractivity (Wildman–Crippen MR) is 66.3 cm³/mol. The van der Waals surface area contributed by atoms with Crippen molar-refractivity contribution in [2.24, 2.45) is 11.7 Å². The van der Waals surface area contributed by atoms with Crippen molar-refractivity contribution in [1.29, 1.82) is 0 Å². The molecule has 1 aliphatic rings. The Kier molecular flexibility index (Phi) is 5.97. The summed E-state index contributed by atoms with van der Waals surface area (Å²) in [4.78, 5) is 25.1. The minimum atomic E-state index is -0.180. The zero-order valence-electron chi connectivity index (χ0n) is 10.6. The van der Waals surface area contributed by atoms with Crippen LogP contribution in [0.15, 0.2) is 0 Å². The minimum absolute atomic E-state index is 0.0704. The van der Waals surface area contributed by atoms with Crippen LogP contribution in [-0.4, -0.2) is 42.9 Å². The number of hydrogen-bond acceptors (Lipinski definition) is 3. The third-order valence-corrected chi connectivity index (χ3v) is 3.15. The van der Waals surface area contributed by atoms with Crippen LogP contribution in [-0.2, 0) is 9.59 Å². The van der Waals surface area contributed by atoms with Crippen molar-refractivity contribution in [1.82, 2.24) is 10.2 Å². The largest absolute Gasteiger partial charge is 0.355 e. The second-order valence-corrected chi connectivity index (χ2v) is 4.62. The first kappa shape index (κ1) is 14.0. The second kappa shape index (κ2) is 7.27. The summed E-state index contributed by atoms with van der Waals surface area (Å²) in [6.45, 7) is 4.27. The van der Waals surface area contributed by atoms with Crippen molar-refractivity contribution in [2.45, 2.75) is 32.6 Å². The lowest BCUT2D eigenvalue weighted by atomic mass is 10.1. The molecule has 1 unspecified atom stereocenters. The molecule has 1 saturated heterocycles. The predicted octanol–water partition coefficient (Wildman–Crippen LogP) is 0.100. The molecule has 0 aromatic heterocycles. The van der Waals surface area contributed by atoms with Gasteiger partial charge in [0.05, 0.1) is 0 Å². The first-order chi connectivity index (χ1) is 8.15. The van der Waals surface area contributed by atoms with Crippen LogP contribution < -0.4 is 11.1 Å². The number of carbonyl (C=O) groups excluding carboxylic acids is 2. The highest BCUT2D eigenvalue weighted by Crippen LogP contribution is 2.09. The van der Waals surface area contributed by atoms with Gasteiger partial charge in [-0.2, -0.15) is 0 Å². The maximum atomic E-state index is 11.8. The molecule has 0 bridgehead atoms. The number of nitrogens with zero attached hydrogens (tertiary/aromatic N) is 1. The third kappa shape index (κ3) is 4.73. The highest BCUT2D eigenvalue weighted by Gasteiger charge is 2.16. The lowest BCUT2D eigenvalue weighted by Crippen LogP contribution is -2.39. The molecule has 0 radical (unpaired) electrons. The smallest absolute Gasteiger partial charge is 0.224 e. The van der Waals surface area contributed by atoms with E-state index in [9.17, 15) is 9.59 Å². The summed E-state index contributed by atoms with van der Waals surface area (Å²) in [5, 5.41) is 2.74. The van der Waals surface area contributed by atoms with Crippen molar-refractivity contribution in [3.63, 3.8) is 0 Å². The minimum Gasteiger partial charge on any atom is -0.355 e. The van der Waals surface area contributed by atoms with Crippen molar-refractivity contribution in [2.75, 3.05) is 26.2 Å². The van der Waals surface area contributed by atoms with Crippen molar-refractivity contribution >= 4 is 11.8 Å². The molecular weight excluding hydrogens is 218 g/mol. The number of amides is 2. The fourth-order valence-electron chi connectivity index (χ4n) is 1.88. The van der Waals surface area contributed by atoms with Crippen LogP contribution in [0.5, 0.6) is 0 Å². The van der Waals surface area contributed by atoms with E-state index >= 15 is 0 Å². The molecular formula is C12H23N3O2. The van der Waals surface area contributed by atoms with Crippen molar-refractivity contribution in [3.8, 4) is 0 Å². The summed E-state index contributed by atoms with van der Waals surface area (Å²) in [5.41, 5.74) is 5.39. The molecule has 0 aromatic carbocycles. The monoisotopic (exact) mass is 241 g/mol. The van der Waals surface area contributed by atoms with Gasteiger partial charge < -0.3 is 16.0 Å². The van der Waals surface area contributed by atoms with Crippen LogP contribution in [0, 0.1) is 5.92 Å². The molecule has 1 fully saturated rings. The summed E-state index contributed by atoms with van der Waals surface area (Å²) in [6, 6.07) is 0. The van der Waals surface area contributed by atoms with E-state index in [2.05, 4.69) is 5.32 Å². The first-order valence-electron chi connectivity index (χ1n) is 6.40. The molecule has 0 aliphatic carbocycles. The number of likely N-dealkylation sites (tertiary alicyclic amines) is 1. The van der Waals surface area contributed by atoms with Gasteiger partial charge in [0.1, 0.15) is 0 Å². The Bertz CT molecular complexity index is 262. The average molecular weight is 241 g/mol. The number of carbonyl (C=O) groups is 2. The fraction of sp³-hybridized carbons (Fsp3) is 0.833. The third-order valence-electron chi connectivity index (χ3n) is 3.15. The fourth-order valence-corrected chi connectivity index (χ4v) is 1.88. The molecule has 0 saturated carbocycles. The Balaban J connectivity index is 2.17. The molecule has 98 valence electrons. The Morgan fingerprint density at radius 3 is 2.53 bits per heavy atom. The van der Waals surface area contributed by atoms with E-state index in [-0.39, 0.29) is 17.7 Å². The maximum absolute atomic E-state index is 11.8. The zero-order chi connectivity index (χ0) is 12.7. The second-order valence-electron chi connectivity index (χ2n) is 4.62. The summed E-state index contributed by atoms with van der Waals surface area (Å²) < 4.78 is 0. The Labute approximate surface area is 103 Å². The van der Waals surface area contributed by atoms with Gasteiger partial charge in [0.2, 0.25) is 11.8 Å². The Morgan fingerprint density at radius 1 is 1.29 bits per heavy atom. The van der Waals surface area contributed by atoms with Crippen LogP contribution in [0.1, 0.15) is 32.6 Å². The summed E-state index contributed by atoms with van der Waals surface area (Å²) >= 11 is 0. The van der Waals surface area contributed by atoms with Crippen LogP contribution in [0.2, 0.25) is 0 Å². The van der Waals surface area contributed by atoms with E-state index in [0.29, 0.717) is 19.5 Å². The highest BCUT2D eigenvalue weighted by atomic mass is 16.2. The maximum Gasteiger partial charge on any atom is 0.224 e. The van der Waals surface area contributed by atoms with Gasteiger partial charge in [-0.3, -0.25) is 9.59 Å². The first-order valence-corrected chi connectivity index (χ1v) is 6.40. The summed E-state index contributed by atoms with van der Waals surface area (Å²) in [6.07, 6.45) is 3.81. The topological polar surface area (TPSA) is 75.4 Å². The van der Waals surface area contributed by atoms with E-state index in [1.165, 1.54) is 6.42 Å². The molecule has 2 amide bonds. The van der Waals surface area contributed by atoms with Gasteiger partial charge in [0.15, 0.2) is 0 Å². The van der Waals surface area contributed by atoms with Crippen LogP contribution >= 0.6 is 0 Å². The van der Waals surface area contributed by atoms with Crippen LogP contribution in [0.4, 0.5) is 0 Å². The standard InChI is InChI=1S/C12H23N3O2/c1-10(9-13)12(17)14-6-5-11(16)15-7-3-2-4-8-15/h10H,2-9,13H2,1H3,(H,14,17). The van der Waals surface area contributed by atoms with E-state index in [4.69, 9.17) is 5.73 Å². The molecule has 3 N–H and O–H groups in total. The zero-order valence-corrected chi connectivity index (χ0v) is 10.6. The van der Waals surface area contributed by atoms with Crippen LogP contribution in [0.3, 0.4) is 0 Å². The summed E-state index contributed by atoms with van der Waals surface area (Å²) in [5.74, 6) is -0.107. The molecule has 5 nitrogen and oxygen atoms in total. The average Bonchev–Trinajstić information content (AvgIpc) is 2.38. The number of nitrogens with one attached hydrogen (secondary N) is 1. The quantitative estimate of drug-likeness (QED) is 0.717. The number of piperidine rings is 1. The van der Waals surface area contributed by atoms with E-state index in [0.717, 1.165) is 25.9 Å². The molecule has 0 aromatic rings. The van der Waals surface area contributed by atoms with Gasteiger partial charge in [-0.15, -0.1) is 0 Å². The van der Waals surface area contributed by atoms with E-state index in [1.54, 1.807) is 6.92 Å². The van der Waals surface area contributed by atoms with Gasteiger partial charge in [-0.1, -0.05) is 6.92 Å². The lowest BCUT2D eigenvalue weighted by Gasteiger charge is -2.26. The number of nitrogens with two attached hydrogens (primary N) is 1. The lowest BCUT2D eigenvalue weighted by molar-refractivity contribution is -0.132. The SMILES string of the molecule is CC(CN)C(=O)NCCC(=O)N1CCCCC1. The van der Waals surface area contributed by atoms with Gasteiger partial charge in [-0.05, 0) is 19.3 Å². The molecule has 0 spiro atoms. The molecule has 5 heteroatoms. The molecule has 1 rings (SSSR count). The van der Waals surface area contributed by atoms with Crippen molar-refractivity contribution in [3.05, 3.63) is 0 Å².